The lowest BCUT2D eigenvalue weighted by atomic mass is 9.96. The van der Waals surface area contributed by atoms with Crippen LogP contribution in [-0.4, -0.2) is 28.9 Å². The number of carbonyl (C=O) groups excluding carboxylic acids is 1. The van der Waals surface area contributed by atoms with Gasteiger partial charge in [0, 0.05) is 18.7 Å². The number of piperidine rings is 1. The lowest BCUT2D eigenvalue weighted by Crippen LogP contribution is -2.38. The van der Waals surface area contributed by atoms with Gasteiger partial charge in [-0.2, -0.15) is 0 Å². The number of rotatable bonds is 4. The van der Waals surface area contributed by atoms with E-state index in [1.54, 1.807) is 0 Å². The minimum Gasteiger partial charge on any atom is -0.369 e. The molecule has 6 heteroatoms. The molecule has 0 aliphatic carbocycles. The molecule has 1 saturated heterocycles. The number of amides is 1. The van der Waals surface area contributed by atoms with Gasteiger partial charge in [0.15, 0.2) is 0 Å². The number of hydrazine groups is 1. The summed E-state index contributed by atoms with van der Waals surface area (Å²) < 4.78 is 0. The summed E-state index contributed by atoms with van der Waals surface area (Å²) in [7, 11) is 0. The zero-order valence-electron chi connectivity index (χ0n) is 10.3. The summed E-state index contributed by atoms with van der Waals surface area (Å²) in [5, 5.41) is 0. The van der Waals surface area contributed by atoms with E-state index in [0.29, 0.717) is 5.82 Å². The van der Waals surface area contributed by atoms with Crippen molar-refractivity contribution in [1.29, 1.82) is 0 Å². The number of hydrogen-bond donors (Lipinski definition) is 3. The summed E-state index contributed by atoms with van der Waals surface area (Å²) in [4.78, 5) is 17.5. The number of primary amides is 1. The number of anilines is 1. The van der Waals surface area contributed by atoms with Crippen LogP contribution in [0.5, 0.6) is 0 Å². The van der Waals surface area contributed by atoms with E-state index in [2.05, 4.69) is 15.3 Å². The van der Waals surface area contributed by atoms with Crippen molar-refractivity contribution in [2.75, 3.05) is 18.5 Å². The molecule has 0 atom stereocenters. The Morgan fingerprint density at radius 2 is 2.17 bits per heavy atom. The molecule has 0 saturated carbocycles. The third kappa shape index (κ3) is 3.18. The third-order valence-electron chi connectivity index (χ3n) is 3.37. The smallest absolute Gasteiger partial charge is 0.220 e. The molecule has 6 nitrogen and oxygen atoms in total. The molecule has 2 rings (SSSR count). The van der Waals surface area contributed by atoms with Crippen molar-refractivity contribution >= 4 is 11.7 Å². The number of hydrogen-bond acceptors (Lipinski definition) is 5. The van der Waals surface area contributed by atoms with Gasteiger partial charge in [0.05, 0.1) is 0 Å². The molecule has 1 amide bonds. The van der Waals surface area contributed by atoms with Crippen molar-refractivity contribution in [3.63, 3.8) is 0 Å². The Hall–Kier alpha value is -1.66. The molecule has 0 aromatic carbocycles. The molecule has 0 spiro atoms. The normalized spacial score (nSPS) is 17.6. The fourth-order valence-electron chi connectivity index (χ4n) is 2.24. The summed E-state index contributed by atoms with van der Waals surface area (Å²) >= 11 is 0. The number of nitrogens with two attached hydrogens (primary N) is 2. The van der Waals surface area contributed by atoms with Crippen LogP contribution in [0.2, 0.25) is 0 Å². The minimum atomic E-state index is -0.172. The molecule has 1 aromatic rings. The summed E-state index contributed by atoms with van der Waals surface area (Å²) in [6, 6.07) is 3.86. The van der Waals surface area contributed by atoms with Crippen molar-refractivity contribution in [3.8, 4) is 0 Å². The topological polar surface area (TPSA) is 97.3 Å². The van der Waals surface area contributed by atoms with Crippen LogP contribution >= 0.6 is 0 Å². The monoisotopic (exact) mass is 249 g/mol. The molecule has 0 bridgehead atoms. The second kappa shape index (κ2) is 5.79. The highest BCUT2D eigenvalue weighted by Crippen LogP contribution is 2.18. The van der Waals surface area contributed by atoms with Crippen LogP contribution in [-0.2, 0) is 11.3 Å². The van der Waals surface area contributed by atoms with Crippen molar-refractivity contribution in [2.45, 2.75) is 19.4 Å². The lowest BCUT2D eigenvalue weighted by molar-refractivity contribution is -0.123. The highest BCUT2D eigenvalue weighted by atomic mass is 16.1. The van der Waals surface area contributed by atoms with Gasteiger partial charge in [-0.1, -0.05) is 6.07 Å². The third-order valence-corrected chi connectivity index (χ3v) is 3.37. The zero-order valence-corrected chi connectivity index (χ0v) is 10.3. The van der Waals surface area contributed by atoms with Gasteiger partial charge >= 0.3 is 0 Å². The Labute approximate surface area is 106 Å². The van der Waals surface area contributed by atoms with E-state index in [0.717, 1.165) is 38.0 Å². The number of likely N-dealkylation sites (tertiary alicyclic amines) is 1. The van der Waals surface area contributed by atoms with E-state index in [4.69, 9.17) is 11.6 Å². The van der Waals surface area contributed by atoms with Crippen LogP contribution in [0.1, 0.15) is 18.4 Å². The van der Waals surface area contributed by atoms with Gasteiger partial charge in [0.2, 0.25) is 5.91 Å². The SMILES string of the molecule is NNc1ccc(CN2CCC(C(N)=O)CC2)cn1. The van der Waals surface area contributed by atoms with Crippen molar-refractivity contribution in [2.24, 2.45) is 17.5 Å². The molecule has 2 heterocycles. The predicted molar refractivity (Wildman–Crippen MR) is 69.2 cm³/mol. The Morgan fingerprint density at radius 1 is 1.44 bits per heavy atom. The van der Waals surface area contributed by atoms with Crippen LogP contribution in [0.4, 0.5) is 5.82 Å². The van der Waals surface area contributed by atoms with Gasteiger partial charge in [0.25, 0.3) is 0 Å². The highest BCUT2D eigenvalue weighted by Gasteiger charge is 2.22. The van der Waals surface area contributed by atoms with Crippen molar-refractivity contribution in [1.82, 2.24) is 9.88 Å². The summed E-state index contributed by atoms with van der Waals surface area (Å²) in [5.41, 5.74) is 8.96. The first kappa shape index (κ1) is 12.8. The largest absolute Gasteiger partial charge is 0.369 e. The second-order valence-corrected chi connectivity index (χ2v) is 4.65. The second-order valence-electron chi connectivity index (χ2n) is 4.65. The van der Waals surface area contributed by atoms with Crippen LogP contribution in [0.25, 0.3) is 0 Å². The summed E-state index contributed by atoms with van der Waals surface area (Å²) in [6.07, 6.45) is 3.52. The molecule has 1 aliphatic rings. The number of carbonyl (C=O) groups is 1. The molecule has 5 N–H and O–H groups in total. The maximum atomic E-state index is 11.1. The van der Waals surface area contributed by atoms with E-state index in [1.807, 2.05) is 18.3 Å². The first-order valence-electron chi connectivity index (χ1n) is 6.12. The molecule has 1 aliphatic heterocycles. The molecule has 1 aromatic heterocycles. The lowest BCUT2D eigenvalue weighted by Gasteiger charge is -2.30. The standard InChI is InChI=1S/C12H19N5O/c13-12(18)10-3-5-17(6-4-10)8-9-1-2-11(16-14)15-7-9/h1-2,7,10H,3-6,8,14H2,(H2,13,18)(H,15,16). The van der Waals surface area contributed by atoms with E-state index >= 15 is 0 Å². The van der Waals surface area contributed by atoms with Gasteiger partial charge in [-0.3, -0.25) is 9.69 Å². The molecule has 0 unspecified atom stereocenters. The van der Waals surface area contributed by atoms with Crippen molar-refractivity contribution < 1.29 is 4.79 Å². The Morgan fingerprint density at radius 3 is 2.67 bits per heavy atom. The molecule has 0 radical (unpaired) electrons. The Kier molecular flexibility index (Phi) is 4.11. The number of nitrogens with one attached hydrogen (secondary N) is 1. The number of pyridine rings is 1. The van der Waals surface area contributed by atoms with Gasteiger partial charge in [-0.05, 0) is 37.6 Å². The molecular weight excluding hydrogens is 230 g/mol. The Bertz CT molecular complexity index is 397. The van der Waals surface area contributed by atoms with Crippen LogP contribution in [0.15, 0.2) is 18.3 Å². The summed E-state index contributed by atoms with van der Waals surface area (Å²) in [5.74, 6) is 5.79. The Balaban J connectivity index is 1.85. The number of aromatic nitrogens is 1. The van der Waals surface area contributed by atoms with Crippen molar-refractivity contribution in [3.05, 3.63) is 23.9 Å². The van der Waals surface area contributed by atoms with E-state index in [1.165, 1.54) is 0 Å². The number of nitrogen functional groups attached to an aromatic ring is 1. The first-order chi connectivity index (χ1) is 8.69. The fourth-order valence-corrected chi connectivity index (χ4v) is 2.24. The highest BCUT2D eigenvalue weighted by molar-refractivity contribution is 5.76. The first-order valence-corrected chi connectivity index (χ1v) is 6.12. The average Bonchev–Trinajstić information content (AvgIpc) is 2.40. The van der Waals surface area contributed by atoms with Gasteiger partial charge in [0.1, 0.15) is 5.82 Å². The van der Waals surface area contributed by atoms with Gasteiger partial charge < -0.3 is 11.2 Å². The molecular formula is C12H19N5O. The molecule has 18 heavy (non-hydrogen) atoms. The fraction of sp³-hybridized carbons (Fsp3) is 0.500. The van der Waals surface area contributed by atoms with E-state index < -0.39 is 0 Å². The quantitative estimate of drug-likeness (QED) is 0.518. The van der Waals surface area contributed by atoms with Gasteiger partial charge in [-0.25, -0.2) is 10.8 Å². The van der Waals surface area contributed by atoms with Gasteiger partial charge in [-0.15, -0.1) is 0 Å². The van der Waals surface area contributed by atoms with Crippen LogP contribution < -0.4 is 17.0 Å². The maximum Gasteiger partial charge on any atom is 0.220 e. The molecule has 1 fully saturated rings. The van der Waals surface area contributed by atoms with Crippen LogP contribution in [0.3, 0.4) is 0 Å². The maximum absolute atomic E-state index is 11.1. The molecule has 98 valence electrons. The zero-order chi connectivity index (χ0) is 13.0. The predicted octanol–water partition coefficient (Wildman–Crippen LogP) is 0.0645. The minimum absolute atomic E-state index is 0.0446. The average molecular weight is 249 g/mol. The van der Waals surface area contributed by atoms with Crippen LogP contribution in [0, 0.1) is 5.92 Å². The van der Waals surface area contributed by atoms with E-state index in [9.17, 15) is 4.79 Å². The summed E-state index contributed by atoms with van der Waals surface area (Å²) in [6.45, 7) is 2.67. The number of nitrogens with zero attached hydrogens (tertiary/aromatic N) is 2. The van der Waals surface area contributed by atoms with E-state index in [-0.39, 0.29) is 11.8 Å².